The van der Waals surface area contributed by atoms with Crippen molar-refractivity contribution >= 4 is 5.97 Å². The molecule has 1 saturated carbocycles. The summed E-state index contributed by atoms with van der Waals surface area (Å²) < 4.78 is 34.2. The second-order valence-electron chi connectivity index (χ2n) is 9.14. The van der Waals surface area contributed by atoms with Crippen LogP contribution in [0.5, 0.6) is 11.5 Å². The maximum atomic E-state index is 12.3. The van der Waals surface area contributed by atoms with E-state index in [0.717, 1.165) is 5.92 Å². The first-order valence-electron chi connectivity index (χ1n) is 12.4. The van der Waals surface area contributed by atoms with Crippen LogP contribution in [0.1, 0.15) is 99.4 Å². The number of esters is 1. The van der Waals surface area contributed by atoms with Gasteiger partial charge in [-0.05, 0) is 79.5 Å². The number of ether oxygens (including phenoxy) is 2. The number of carbonyl (C=O) groups is 1. The Bertz CT molecular complexity index is 825. The van der Waals surface area contributed by atoms with E-state index < -0.39 is 12.6 Å². The predicted octanol–water partition coefficient (Wildman–Crippen LogP) is 8.53. The molecule has 0 spiro atoms. The van der Waals surface area contributed by atoms with Crippen LogP contribution in [0.15, 0.2) is 48.5 Å². The monoisotopic (exact) mass is 458 g/mol. The molecule has 0 N–H and O–H groups in total. The van der Waals surface area contributed by atoms with Gasteiger partial charge < -0.3 is 9.47 Å². The van der Waals surface area contributed by atoms with Gasteiger partial charge in [0.25, 0.3) is 0 Å². The van der Waals surface area contributed by atoms with E-state index in [1.807, 2.05) is 12.1 Å². The second kappa shape index (κ2) is 13.3. The summed E-state index contributed by atoms with van der Waals surface area (Å²) in [6.07, 6.45) is 14.7. The van der Waals surface area contributed by atoms with Gasteiger partial charge in [0.15, 0.2) is 0 Å². The van der Waals surface area contributed by atoms with Gasteiger partial charge in [-0.2, -0.15) is 8.78 Å². The fraction of sp³-hybridized carbons (Fsp3) is 0.536. The van der Waals surface area contributed by atoms with Crippen molar-refractivity contribution in [3.8, 4) is 11.5 Å². The lowest BCUT2D eigenvalue weighted by Crippen LogP contribution is -2.13. The molecule has 0 amide bonds. The van der Waals surface area contributed by atoms with Crippen LogP contribution in [0.3, 0.4) is 0 Å². The van der Waals surface area contributed by atoms with E-state index in [1.165, 1.54) is 100 Å². The fourth-order valence-electron chi connectivity index (χ4n) is 4.74. The standard InChI is InChI=1S/C28H36F2O3/c1-2-3-4-5-6-7-8-21-9-11-22(12-10-21)23-13-17-25(18-14-23)32-27(31)24-15-19-26(20-16-24)33-28(29)30/h13-22,28H,2-12H2,1H3/t21-,22-. The van der Waals surface area contributed by atoms with Crippen molar-refractivity contribution in [2.75, 3.05) is 0 Å². The minimum atomic E-state index is -2.89. The number of carbonyl (C=O) groups excluding carboxylic acids is 1. The molecule has 1 aliphatic rings. The Balaban J connectivity index is 1.41. The van der Waals surface area contributed by atoms with Gasteiger partial charge in [0.05, 0.1) is 5.56 Å². The summed E-state index contributed by atoms with van der Waals surface area (Å²) in [5.74, 6) is 1.42. The van der Waals surface area contributed by atoms with Crippen molar-refractivity contribution in [3.05, 3.63) is 59.7 Å². The number of rotatable bonds is 12. The largest absolute Gasteiger partial charge is 0.435 e. The first kappa shape index (κ1) is 25.2. The minimum Gasteiger partial charge on any atom is -0.435 e. The number of benzene rings is 2. The summed E-state index contributed by atoms with van der Waals surface area (Å²) in [6.45, 7) is -0.631. The molecule has 0 radical (unpaired) electrons. The fourth-order valence-corrected chi connectivity index (χ4v) is 4.74. The molecule has 3 rings (SSSR count). The van der Waals surface area contributed by atoms with Crippen molar-refractivity contribution in [1.82, 2.24) is 0 Å². The van der Waals surface area contributed by atoms with Gasteiger partial charge in [0.1, 0.15) is 11.5 Å². The van der Waals surface area contributed by atoms with Crippen molar-refractivity contribution in [2.45, 2.75) is 90.1 Å². The molecule has 33 heavy (non-hydrogen) atoms. The maximum Gasteiger partial charge on any atom is 0.387 e. The molecule has 2 aromatic rings. The molecule has 1 aliphatic carbocycles. The van der Waals surface area contributed by atoms with Crippen molar-refractivity contribution in [3.63, 3.8) is 0 Å². The van der Waals surface area contributed by atoms with Crippen LogP contribution in [0, 0.1) is 5.92 Å². The summed E-state index contributed by atoms with van der Waals surface area (Å²) in [5, 5.41) is 0. The van der Waals surface area contributed by atoms with Gasteiger partial charge in [-0.1, -0.05) is 64.0 Å². The molecule has 3 nitrogen and oxygen atoms in total. The lowest BCUT2D eigenvalue weighted by atomic mass is 9.77. The average molecular weight is 459 g/mol. The zero-order chi connectivity index (χ0) is 23.5. The third kappa shape index (κ3) is 8.45. The summed E-state index contributed by atoms with van der Waals surface area (Å²) >= 11 is 0. The SMILES string of the molecule is CCCCCCCC[C@H]1CC[C@H](c2ccc(OC(=O)c3ccc(OC(F)F)cc3)cc2)CC1. The van der Waals surface area contributed by atoms with Crippen molar-refractivity contribution in [1.29, 1.82) is 0 Å². The molecule has 0 bridgehead atoms. The molecule has 0 heterocycles. The molecular formula is C28H36F2O3. The summed E-state index contributed by atoms with van der Waals surface area (Å²) in [4.78, 5) is 12.3. The van der Waals surface area contributed by atoms with Crippen LogP contribution in [-0.4, -0.2) is 12.6 Å². The maximum absolute atomic E-state index is 12.3. The highest BCUT2D eigenvalue weighted by molar-refractivity contribution is 5.91. The third-order valence-electron chi connectivity index (χ3n) is 6.69. The van der Waals surface area contributed by atoms with Crippen LogP contribution in [0.2, 0.25) is 0 Å². The molecule has 0 aliphatic heterocycles. The molecule has 0 unspecified atom stereocenters. The Kier molecular flexibility index (Phi) is 10.2. The first-order valence-corrected chi connectivity index (χ1v) is 12.4. The molecular weight excluding hydrogens is 422 g/mol. The van der Waals surface area contributed by atoms with E-state index >= 15 is 0 Å². The van der Waals surface area contributed by atoms with Crippen molar-refractivity contribution < 1.29 is 23.0 Å². The number of hydrogen-bond donors (Lipinski definition) is 0. The van der Waals surface area contributed by atoms with Gasteiger partial charge >= 0.3 is 12.6 Å². The van der Waals surface area contributed by atoms with Gasteiger partial charge in [-0.15, -0.1) is 0 Å². The van der Waals surface area contributed by atoms with Gasteiger partial charge in [-0.3, -0.25) is 0 Å². The second-order valence-corrected chi connectivity index (χ2v) is 9.14. The Morgan fingerprint density at radius 2 is 1.45 bits per heavy atom. The number of alkyl halides is 2. The van der Waals surface area contributed by atoms with E-state index in [-0.39, 0.29) is 11.3 Å². The molecule has 0 aromatic heterocycles. The van der Waals surface area contributed by atoms with E-state index in [0.29, 0.717) is 11.7 Å². The molecule has 0 saturated heterocycles. The highest BCUT2D eigenvalue weighted by Crippen LogP contribution is 2.38. The summed E-state index contributed by atoms with van der Waals surface area (Å²) in [5.41, 5.74) is 1.59. The first-order chi connectivity index (χ1) is 16.0. The van der Waals surface area contributed by atoms with Gasteiger partial charge in [0.2, 0.25) is 0 Å². The highest BCUT2D eigenvalue weighted by Gasteiger charge is 2.22. The summed E-state index contributed by atoms with van der Waals surface area (Å²) in [7, 11) is 0. The molecule has 1 fully saturated rings. The predicted molar refractivity (Wildman–Crippen MR) is 127 cm³/mol. The number of halogens is 2. The Morgan fingerprint density at radius 3 is 2.09 bits per heavy atom. The Hall–Kier alpha value is -2.43. The van der Waals surface area contributed by atoms with Crippen LogP contribution < -0.4 is 9.47 Å². The normalized spacial score (nSPS) is 18.3. The summed E-state index contributed by atoms with van der Waals surface area (Å²) in [6, 6.07) is 13.3. The van der Waals surface area contributed by atoms with E-state index in [1.54, 1.807) is 0 Å². The van der Waals surface area contributed by atoms with Crippen LogP contribution in [0.25, 0.3) is 0 Å². The van der Waals surface area contributed by atoms with Crippen LogP contribution >= 0.6 is 0 Å². The topological polar surface area (TPSA) is 35.5 Å². The quantitative estimate of drug-likeness (QED) is 0.182. The molecule has 0 atom stereocenters. The van der Waals surface area contributed by atoms with Gasteiger partial charge in [0, 0.05) is 0 Å². The lowest BCUT2D eigenvalue weighted by molar-refractivity contribution is -0.0498. The zero-order valence-corrected chi connectivity index (χ0v) is 19.6. The number of unbranched alkanes of at least 4 members (excludes halogenated alkanes) is 5. The lowest BCUT2D eigenvalue weighted by Gasteiger charge is -2.29. The molecule has 5 heteroatoms. The van der Waals surface area contributed by atoms with Crippen LogP contribution in [-0.2, 0) is 0 Å². The smallest absolute Gasteiger partial charge is 0.387 e. The van der Waals surface area contributed by atoms with E-state index in [4.69, 9.17) is 4.74 Å². The third-order valence-corrected chi connectivity index (χ3v) is 6.69. The van der Waals surface area contributed by atoms with Crippen molar-refractivity contribution in [2.24, 2.45) is 5.92 Å². The molecule has 180 valence electrons. The Labute approximate surface area is 196 Å². The highest BCUT2D eigenvalue weighted by atomic mass is 19.3. The minimum absolute atomic E-state index is 0.00703. The molecule has 2 aromatic carbocycles. The number of hydrogen-bond acceptors (Lipinski definition) is 3. The van der Waals surface area contributed by atoms with E-state index in [9.17, 15) is 13.6 Å². The van der Waals surface area contributed by atoms with Gasteiger partial charge in [-0.25, -0.2) is 4.79 Å². The zero-order valence-electron chi connectivity index (χ0n) is 19.6. The Morgan fingerprint density at radius 1 is 0.848 bits per heavy atom. The van der Waals surface area contributed by atoms with E-state index in [2.05, 4.69) is 23.8 Å². The van der Waals surface area contributed by atoms with Crippen LogP contribution in [0.4, 0.5) is 8.78 Å². The average Bonchev–Trinajstić information content (AvgIpc) is 2.82.